The van der Waals surface area contributed by atoms with E-state index in [0.717, 1.165) is 6.42 Å². The zero-order valence-electron chi connectivity index (χ0n) is 17.5. The number of phosphoric acid groups is 1. The summed E-state index contributed by atoms with van der Waals surface area (Å²) in [6.07, 6.45) is 21.3. The zero-order chi connectivity index (χ0) is 19.6. The van der Waals surface area contributed by atoms with Crippen molar-refractivity contribution in [3.63, 3.8) is 0 Å². The van der Waals surface area contributed by atoms with Crippen molar-refractivity contribution in [3.8, 4) is 0 Å². The van der Waals surface area contributed by atoms with Gasteiger partial charge in [-0.25, -0.2) is 4.57 Å². The van der Waals surface area contributed by atoms with Crippen molar-refractivity contribution in [3.05, 3.63) is 0 Å². The van der Waals surface area contributed by atoms with E-state index < -0.39 is 13.9 Å². The molecule has 0 radical (unpaired) electrons. The number of hydrogen-bond donors (Lipinski definition) is 1. The summed E-state index contributed by atoms with van der Waals surface area (Å²) in [5.74, 6) is 0. The predicted molar refractivity (Wildman–Crippen MR) is 111 cm³/mol. The molecule has 0 aromatic carbocycles. The SMILES string of the molecule is CCCCCCCCCCCCCCCCCCOCC1COP(=O)(O)O1. The molecular formula is C21H43O5P. The third-order valence-corrected chi connectivity index (χ3v) is 6.19. The lowest BCUT2D eigenvalue weighted by Crippen LogP contribution is -2.17. The molecule has 1 rings (SSSR count). The minimum absolute atomic E-state index is 0.146. The molecule has 0 aromatic heterocycles. The lowest BCUT2D eigenvalue weighted by Gasteiger charge is -2.08. The van der Waals surface area contributed by atoms with Gasteiger partial charge < -0.3 is 9.63 Å². The van der Waals surface area contributed by atoms with Gasteiger partial charge in [0.25, 0.3) is 0 Å². The highest BCUT2D eigenvalue weighted by Crippen LogP contribution is 2.49. The van der Waals surface area contributed by atoms with Crippen LogP contribution in [0.1, 0.15) is 110 Å². The molecule has 2 unspecified atom stereocenters. The van der Waals surface area contributed by atoms with Crippen LogP contribution in [0.15, 0.2) is 0 Å². The summed E-state index contributed by atoms with van der Waals surface area (Å²) in [6.45, 7) is 3.45. The van der Waals surface area contributed by atoms with Gasteiger partial charge in [-0.1, -0.05) is 103 Å². The van der Waals surface area contributed by atoms with Gasteiger partial charge in [-0.05, 0) is 6.42 Å². The number of ether oxygens (including phenoxy) is 1. The summed E-state index contributed by atoms with van der Waals surface area (Å²) >= 11 is 0. The average molecular weight is 407 g/mol. The highest BCUT2D eigenvalue weighted by atomic mass is 31.2. The zero-order valence-corrected chi connectivity index (χ0v) is 18.4. The van der Waals surface area contributed by atoms with Gasteiger partial charge in [0.15, 0.2) is 0 Å². The van der Waals surface area contributed by atoms with Gasteiger partial charge in [-0.3, -0.25) is 9.05 Å². The Morgan fingerprint density at radius 2 is 1.26 bits per heavy atom. The first kappa shape index (κ1) is 25.1. The Bertz CT molecular complexity index is 378. The predicted octanol–water partition coefficient (Wildman–Crippen LogP) is 6.78. The molecule has 1 fully saturated rings. The van der Waals surface area contributed by atoms with Crippen molar-refractivity contribution >= 4 is 7.82 Å². The van der Waals surface area contributed by atoms with Gasteiger partial charge in [0, 0.05) is 6.61 Å². The average Bonchev–Trinajstić information content (AvgIpc) is 2.99. The Morgan fingerprint density at radius 1 is 0.815 bits per heavy atom. The standard InChI is InChI=1S/C21H43O5P/c1-2-3-4-5-6-7-8-9-10-11-12-13-14-15-16-17-18-24-19-21-20-25-27(22,23)26-21/h21H,2-20H2,1H3,(H,22,23). The van der Waals surface area contributed by atoms with Crippen LogP contribution in [0.4, 0.5) is 0 Å². The lowest BCUT2D eigenvalue weighted by atomic mass is 10.0. The molecule has 1 aliphatic heterocycles. The Kier molecular flexibility index (Phi) is 15.8. The summed E-state index contributed by atoms with van der Waals surface area (Å²) in [6, 6.07) is 0. The monoisotopic (exact) mass is 406 g/mol. The Morgan fingerprint density at radius 3 is 1.67 bits per heavy atom. The fraction of sp³-hybridized carbons (Fsp3) is 1.00. The Labute approximate surface area is 167 Å². The summed E-state index contributed by atoms with van der Waals surface area (Å²) in [5, 5.41) is 0. The Balaban J connectivity index is 1.68. The maximum absolute atomic E-state index is 11.1. The molecule has 6 heteroatoms. The van der Waals surface area contributed by atoms with Crippen molar-refractivity contribution in [1.29, 1.82) is 0 Å². The molecule has 27 heavy (non-hydrogen) atoms. The molecule has 1 N–H and O–H groups in total. The highest BCUT2D eigenvalue weighted by Gasteiger charge is 2.35. The number of phosphoric ester groups is 1. The Hall–Kier alpha value is 0.0700. The van der Waals surface area contributed by atoms with Crippen LogP contribution < -0.4 is 0 Å². The lowest BCUT2D eigenvalue weighted by molar-refractivity contribution is 0.0554. The van der Waals surface area contributed by atoms with Gasteiger partial charge >= 0.3 is 7.82 Å². The van der Waals surface area contributed by atoms with Crippen LogP contribution >= 0.6 is 7.82 Å². The number of unbranched alkanes of at least 4 members (excludes halogenated alkanes) is 15. The highest BCUT2D eigenvalue weighted by molar-refractivity contribution is 7.47. The third-order valence-electron chi connectivity index (χ3n) is 5.15. The smallest absolute Gasteiger partial charge is 0.379 e. The molecule has 162 valence electrons. The molecule has 2 atom stereocenters. The quantitative estimate of drug-likeness (QED) is 0.189. The largest absolute Gasteiger partial charge is 0.472 e. The maximum Gasteiger partial charge on any atom is 0.472 e. The first-order valence-corrected chi connectivity index (χ1v) is 12.9. The van der Waals surface area contributed by atoms with E-state index in [2.05, 4.69) is 11.4 Å². The molecule has 0 saturated carbocycles. The van der Waals surface area contributed by atoms with Gasteiger partial charge in [-0.15, -0.1) is 0 Å². The topological polar surface area (TPSA) is 65.0 Å². The van der Waals surface area contributed by atoms with Crippen molar-refractivity contribution in [2.45, 2.75) is 116 Å². The van der Waals surface area contributed by atoms with Gasteiger partial charge in [0.2, 0.25) is 0 Å². The van der Waals surface area contributed by atoms with E-state index in [-0.39, 0.29) is 6.61 Å². The second kappa shape index (κ2) is 17.0. The molecule has 0 bridgehead atoms. The fourth-order valence-corrected chi connectivity index (χ4v) is 4.39. The van der Waals surface area contributed by atoms with E-state index in [0.29, 0.717) is 13.2 Å². The summed E-state index contributed by atoms with van der Waals surface area (Å²) in [4.78, 5) is 9.07. The van der Waals surface area contributed by atoms with Crippen LogP contribution in [0.3, 0.4) is 0 Å². The molecule has 0 aliphatic carbocycles. The van der Waals surface area contributed by atoms with E-state index in [1.54, 1.807) is 0 Å². The van der Waals surface area contributed by atoms with E-state index in [4.69, 9.17) is 14.2 Å². The summed E-state index contributed by atoms with van der Waals surface area (Å²) < 4.78 is 26.1. The van der Waals surface area contributed by atoms with Crippen LogP contribution in [0, 0.1) is 0 Å². The van der Waals surface area contributed by atoms with Gasteiger partial charge in [0.1, 0.15) is 6.10 Å². The number of hydrogen-bond acceptors (Lipinski definition) is 4. The molecule has 0 spiro atoms. The van der Waals surface area contributed by atoms with Crippen LogP contribution in [0.5, 0.6) is 0 Å². The second-order valence-electron chi connectivity index (χ2n) is 7.87. The van der Waals surface area contributed by atoms with E-state index in [9.17, 15) is 4.57 Å². The minimum atomic E-state index is -3.77. The van der Waals surface area contributed by atoms with E-state index in [1.807, 2.05) is 0 Å². The van der Waals surface area contributed by atoms with Crippen LogP contribution in [-0.2, 0) is 18.3 Å². The normalized spacial score (nSPS) is 22.5. The molecule has 1 saturated heterocycles. The van der Waals surface area contributed by atoms with Crippen molar-refractivity contribution in [2.24, 2.45) is 0 Å². The molecule has 5 nitrogen and oxygen atoms in total. The van der Waals surface area contributed by atoms with Gasteiger partial charge in [0.05, 0.1) is 13.2 Å². The van der Waals surface area contributed by atoms with E-state index in [1.165, 1.54) is 96.3 Å². The van der Waals surface area contributed by atoms with Crippen molar-refractivity contribution < 1.29 is 23.2 Å². The fourth-order valence-electron chi connectivity index (χ4n) is 3.47. The van der Waals surface area contributed by atoms with E-state index >= 15 is 0 Å². The summed E-state index contributed by atoms with van der Waals surface area (Å²) in [7, 11) is -3.77. The third kappa shape index (κ3) is 15.6. The second-order valence-corrected chi connectivity index (χ2v) is 9.28. The summed E-state index contributed by atoms with van der Waals surface area (Å²) in [5.41, 5.74) is 0. The molecule has 0 amide bonds. The minimum Gasteiger partial charge on any atom is -0.379 e. The van der Waals surface area contributed by atoms with Crippen LogP contribution in [0.25, 0.3) is 0 Å². The van der Waals surface area contributed by atoms with Crippen LogP contribution in [0.2, 0.25) is 0 Å². The molecule has 0 aromatic rings. The first-order chi connectivity index (χ1) is 13.1. The van der Waals surface area contributed by atoms with Crippen molar-refractivity contribution in [1.82, 2.24) is 0 Å². The number of rotatable bonds is 19. The maximum atomic E-state index is 11.1. The molecule has 1 aliphatic rings. The van der Waals surface area contributed by atoms with Crippen LogP contribution in [-0.4, -0.2) is 30.8 Å². The molecule has 1 heterocycles. The first-order valence-electron chi connectivity index (χ1n) is 11.4. The molecular weight excluding hydrogens is 363 g/mol. The van der Waals surface area contributed by atoms with Crippen molar-refractivity contribution in [2.75, 3.05) is 19.8 Å². The van der Waals surface area contributed by atoms with Gasteiger partial charge in [-0.2, -0.15) is 0 Å².